The van der Waals surface area contributed by atoms with Gasteiger partial charge in [-0.3, -0.25) is 4.57 Å². The minimum atomic E-state index is -0.0945. The molecule has 0 bridgehead atoms. The number of rotatable bonds is 7. The number of hydrogen-bond acceptors (Lipinski definition) is 7. The van der Waals surface area contributed by atoms with E-state index in [1.165, 1.54) is 11.8 Å². The second-order valence-electron chi connectivity index (χ2n) is 8.03. The highest BCUT2D eigenvalue weighted by Gasteiger charge is 2.19. The van der Waals surface area contributed by atoms with Crippen LogP contribution < -0.4 is 4.74 Å². The van der Waals surface area contributed by atoms with Gasteiger partial charge in [0.05, 0.1) is 23.9 Å². The van der Waals surface area contributed by atoms with Crippen LogP contribution in [0, 0.1) is 18.3 Å². The summed E-state index contributed by atoms with van der Waals surface area (Å²) in [6.45, 7) is 2.03. The molecule has 0 unspecified atom stereocenters. The molecule has 2 aromatic heterocycles. The number of allylic oxidation sites excluding steroid dienone is 1. The number of aryl methyl sites for hydroxylation is 1. The van der Waals surface area contributed by atoms with E-state index in [9.17, 15) is 10.4 Å². The topological polar surface area (TPSA) is 113 Å². The monoisotopic (exact) mass is 494 g/mol. The molecule has 2 N–H and O–H groups in total. The van der Waals surface area contributed by atoms with Gasteiger partial charge in [-0.15, -0.1) is 10.2 Å². The highest BCUT2D eigenvalue weighted by Crippen LogP contribution is 2.31. The number of nitrogens with one attached hydrogen (secondary N) is 1. The molecule has 36 heavy (non-hydrogen) atoms. The van der Waals surface area contributed by atoms with Crippen molar-refractivity contribution < 1.29 is 9.84 Å². The molecule has 0 spiro atoms. The number of aromatic nitrogens is 5. The molecule has 0 fully saturated rings. The zero-order chi connectivity index (χ0) is 25.1. The minimum Gasteiger partial charge on any atom is -0.510 e. The van der Waals surface area contributed by atoms with E-state index in [2.05, 4.69) is 26.2 Å². The van der Waals surface area contributed by atoms with Crippen molar-refractivity contribution >= 4 is 28.4 Å². The molecule has 5 rings (SSSR count). The number of fused-ring (bicyclic) bond motifs is 1. The van der Waals surface area contributed by atoms with Crippen LogP contribution in [0.2, 0.25) is 0 Å². The maximum atomic E-state index is 10.8. The van der Waals surface area contributed by atoms with Crippen molar-refractivity contribution in [3.63, 3.8) is 0 Å². The molecule has 0 atom stereocenters. The van der Waals surface area contributed by atoms with Crippen molar-refractivity contribution in [2.24, 2.45) is 0 Å². The molecule has 8 nitrogen and oxygen atoms in total. The van der Waals surface area contributed by atoms with E-state index in [-0.39, 0.29) is 17.1 Å². The van der Waals surface area contributed by atoms with Gasteiger partial charge in [0.2, 0.25) is 0 Å². The number of hydrogen-bond donors (Lipinski definition) is 2. The Balaban J connectivity index is 1.51. The van der Waals surface area contributed by atoms with Gasteiger partial charge in [-0.05, 0) is 43.3 Å². The van der Waals surface area contributed by atoms with Crippen LogP contribution in [0.15, 0.2) is 83.7 Å². The first kappa shape index (κ1) is 23.2. The van der Waals surface area contributed by atoms with Crippen LogP contribution >= 0.6 is 11.8 Å². The van der Waals surface area contributed by atoms with Crippen molar-refractivity contribution in [2.45, 2.75) is 12.1 Å². The lowest BCUT2D eigenvalue weighted by atomic mass is 10.2. The van der Waals surface area contributed by atoms with Gasteiger partial charge in [0.25, 0.3) is 0 Å². The van der Waals surface area contributed by atoms with Gasteiger partial charge in [0.1, 0.15) is 23.2 Å². The van der Waals surface area contributed by atoms with Gasteiger partial charge in [-0.25, -0.2) is 4.98 Å². The molecule has 0 aliphatic heterocycles. The fourth-order valence-electron chi connectivity index (χ4n) is 3.77. The third-order valence-corrected chi connectivity index (χ3v) is 6.56. The Kier molecular flexibility index (Phi) is 6.43. The molecule has 0 radical (unpaired) electrons. The Morgan fingerprint density at radius 3 is 2.64 bits per heavy atom. The zero-order valence-electron chi connectivity index (χ0n) is 19.6. The number of ether oxygens (including phenoxy) is 1. The largest absolute Gasteiger partial charge is 0.510 e. The lowest BCUT2D eigenvalue weighted by molar-refractivity contribution is 0.415. The number of H-pyrrole nitrogens is 1. The third-order valence-electron chi connectivity index (χ3n) is 5.62. The van der Waals surface area contributed by atoms with Crippen LogP contribution in [-0.4, -0.2) is 42.7 Å². The zero-order valence-corrected chi connectivity index (χ0v) is 20.5. The van der Waals surface area contributed by atoms with Gasteiger partial charge in [-0.1, -0.05) is 53.7 Å². The predicted molar refractivity (Wildman–Crippen MR) is 140 cm³/mol. The molecule has 0 amide bonds. The molecule has 0 aliphatic rings. The summed E-state index contributed by atoms with van der Waals surface area (Å²) in [5.74, 6) is 1.70. The van der Waals surface area contributed by atoms with Crippen molar-refractivity contribution in [1.29, 1.82) is 5.26 Å². The lowest BCUT2D eigenvalue weighted by Gasteiger charge is -2.11. The molecule has 0 aliphatic carbocycles. The van der Waals surface area contributed by atoms with Gasteiger partial charge >= 0.3 is 0 Å². The number of imidazole rings is 1. The number of aliphatic hydroxyl groups is 1. The minimum absolute atomic E-state index is 0.0909. The normalized spacial score (nSPS) is 11.8. The number of nitriles is 1. The van der Waals surface area contributed by atoms with E-state index in [0.29, 0.717) is 22.6 Å². The van der Waals surface area contributed by atoms with E-state index < -0.39 is 0 Å². The number of aromatic amines is 1. The Bertz CT molecular complexity index is 1580. The summed E-state index contributed by atoms with van der Waals surface area (Å²) in [6, 6.07) is 25.2. The molecular formula is C27H22N6O2S. The second kappa shape index (κ2) is 9.98. The molecule has 0 saturated carbocycles. The average molecular weight is 495 g/mol. The van der Waals surface area contributed by atoms with Crippen LogP contribution in [0.1, 0.15) is 11.4 Å². The van der Waals surface area contributed by atoms with Gasteiger partial charge in [0, 0.05) is 11.3 Å². The predicted octanol–water partition coefficient (Wildman–Crippen LogP) is 5.71. The van der Waals surface area contributed by atoms with E-state index in [4.69, 9.17) is 4.74 Å². The number of para-hydroxylation sites is 2. The first-order valence-corrected chi connectivity index (χ1v) is 12.1. The molecular weight excluding hydrogens is 472 g/mol. The maximum Gasteiger partial charge on any atom is 0.196 e. The molecule has 3 aromatic carbocycles. The molecule has 5 aromatic rings. The SMILES string of the molecule is COc1cccc(-c2nnc(SCC(O)=C(C#N)c3nc4ccccc4[nH]3)n2-c2ccc(C)cc2)c1. The fourth-order valence-corrected chi connectivity index (χ4v) is 4.60. The Labute approximate surface area is 211 Å². The quantitative estimate of drug-likeness (QED) is 0.169. The van der Waals surface area contributed by atoms with Gasteiger partial charge in [0.15, 0.2) is 16.8 Å². The Morgan fingerprint density at radius 2 is 1.89 bits per heavy atom. The summed E-state index contributed by atoms with van der Waals surface area (Å²) in [5, 5.41) is 30.0. The first-order valence-electron chi connectivity index (χ1n) is 11.1. The Morgan fingerprint density at radius 1 is 1.08 bits per heavy atom. The van der Waals surface area contributed by atoms with Crippen molar-refractivity contribution in [1.82, 2.24) is 24.7 Å². The summed E-state index contributed by atoms with van der Waals surface area (Å²) in [4.78, 5) is 7.54. The third kappa shape index (κ3) is 4.54. The average Bonchev–Trinajstić information content (AvgIpc) is 3.53. The van der Waals surface area contributed by atoms with Crippen LogP contribution in [0.3, 0.4) is 0 Å². The number of methoxy groups -OCH3 is 1. The van der Waals surface area contributed by atoms with E-state index >= 15 is 0 Å². The van der Waals surface area contributed by atoms with Crippen LogP contribution in [0.5, 0.6) is 5.75 Å². The molecule has 2 heterocycles. The fraction of sp³-hybridized carbons (Fsp3) is 0.111. The number of benzene rings is 3. The highest BCUT2D eigenvalue weighted by atomic mass is 32.2. The molecule has 178 valence electrons. The van der Waals surface area contributed by atoms with E-state index in [0.717, 1.165) is 27.8 Å². The summed E-state index contributed by atoms with van der Waals surface area (Å²) in [7, 11) is 1.62. The van der Waals surface area contributed by atoms with Gasteiger partial charge in [-0.2, -0.15) is 5.26 Å². The number of thioether (sulfide) groups is 1. The molecule has 9 heteroatoms. The van der Waals surface area contributed by atoms with Crippen molar-refractivity contribution in [3.8, 4) is 28.9 Å². The molecule has 0 saturated heterocycles. The van der Waals surface area contributed by atoms with Crippen molar-refractivity contribution in [3.05, 3.63) is 89.9 Å². The first-order chi connectivity index (χ1) is 17.6. The summed E-state index contributed by atoms with van der Waals surface area (Å²) in [6.07, 6.45) is 0. The number of nitrogens with zero attached hydrogens (tertiary/aromatic N) is 5. The summed E-state index contributed by atoms with van der Waals surface area (Å²) in [5.41, 5.74) is 4.47. The second-order valence-corrected chi connectivity index (χ2v) is 8.98. The lowest BCUT2D eigenvalue weighted by Crippen LogP contribution is -2.01. The summed E-state index contributed by atoms with van der Waals surface area (Å²) >= 11 is 1.28. The van der Waals surface area contributed by atoms with Crippen LogP contribution in [0.25, 0.3) is 33.7 Å². The van der Waals surface area contributed by atoms with Gasteiger partial charge < -0.3 is 14.8 Å². The smallest absolute Gasteiger partial charge is 0.196 e. The van der Waals surface area contributed by atoms with Crippen LogP contribution in [-0.2, 0) is 0 Å². The van der Waals surface area contributed by atoms with Crippen molar-refractivity contribution in [2.75, 3.05) is 12.9 Å². The van der Waals surface area contributed by atoms with E-state index in [1.807, 2.05) is 84.3 Å². The standard InChI is InChI=1S/C27H22N6O2S/c1-17-10-12-19(13-11-17)33-26(18-6-5-7-20(14-18)35-2)31-32-27(33)36-16-24(34)21(15-28)25-29-22-8-3-4-9-23(22)30-25/h3-14,34H,16H2,1-2H3,(H,29,30). The summed E-state index contributed by atoms with van der Waals surface area (Å²) < 4.78 is 7.31. The maximum absolute atomic E-state index is 10.8. The highest BCUT2D eigenvalue weighted by molar-refractivity contribution is 7.99. The number of aliphatic hydroxyl groups excluding tert-OH is 1. The Hall–Kier alpha value is -4.55. The van der Waals surface area contributed by atoms with Crippen LogP contribution in [0.4, 0.5) is 0 Å². The van der Waals surface area contributed by atoms with E-state index in [1.54, 1.807) is 7.11 Å².